The Hall–Kier alpha value is -2.60. The molecule has 3 atom stereocenters. The van der Waals surface area contributed by atoms with Gasteiger partial charge < -0.3 is 20.5 Å². The molecular formula is C21H25F2N3O5S. The highest BCUT2D eigenvalue weighted by atomic mass is 32.2. The second kappa shape index (κ2) is 10.8. The van der Waals surface area contributed by atoms with Gasteiger partial charge in [0.05, 0.1) is 29.8 Å². The molecule has 0 radical (unpaired) electrons. The van der Waals surface area contributed by atoms with Crippen LogP contribution in [0, 0.1) is 11.6 Å². The number of ether oxygens (including phenoxy) is 1. The van der Waals surface area contributed by atoms with Crippen molar-refractivity contribution in [2.24, 2.45) is 0 Å². The lowest BCUT2D eigenvalue weighted by Gasteiger charge is -2.36. The van der Waals surface area contributed by atoms with Crippen LogP contribution in [0.1, 0.15) is 19.3 Å². The minimum Gasteiger partial charge on any atom is -0.394 e. The summed E-state index contributed by atoms with van der Waals surface area (Å²) >= 11 is 0. The molecule has 32 heavy (non-hydrogen) atoms. The number of sulfonamides is 1. The molecule has 0 spiro atoms. The van der Waals surface area contributed by atoms with Crippen LogP contribution in [-0.2, 0) is 14.8 Å². The fraction of sp³-hybridized carbons (Fsp3) is 0.381. The van der Waals surface area contributed by atoms with Gasteiger partial charge in [-0.3, -0.25) is 0 Å². The number of amides is 2. The molecular weight excluding hydrogens is 444 g/mol. The number of urea groups is 1. The average Bonchev–Trinajstić information content (AvgIpc) is 2.76. The van der Waals surface area contributed by atoms with Crippen LogP contribution < -0.4 is 15.4 Å². The van der Waals surface area contributed by atoms with Crippen LogP contribution in [0.25, 0.3) is 0 Å². The van der Waals surface area contributed by atoms with Crippen LogP contribution in [0.2, 0.25) is 0 Å². The number of nitrogens with one attached hydrogen (secondary N) is 3. The minimum atomic E-state index is -3.89. The molecule has 1 heterocycles. The van der Waals surface area contributed by atoms with E-state index in [2.05, 4.69) is 15.4 Å². The van der Waals surface area contributed by atoms with Crippen molar-refractivity contribution in [2.75, 3.05) is 18.5 Å². The second-order valence-electron chi connectivity index (χ2n) is 7.41. The zero-order valence-corrected chi connectivity index (χ0v) is 17.9. The lowest BCUT2D eigenvalue weighted by Crippen LogP contribution is -2.51. The van der Waals surface area contributed by atoms with Gasteiger partial charge in [-0.25, -0.2) is 26.7 Å². The molecule has 2 aromatic carbocycles. The highest BCUT2D eigenvalue weighted by molar-refractivity contribution is 7.89. The quantitative estimate of drug-likeness (QED) is 0.474. The fourth-order valence-corrected chi connectivity index (χ4v) is 4.71. The van der Waals surface area contributed by atoms with Crippen LogP contribution in [0.15, 0.2) is 53.4 Å². The van der Waals surface area contributed by atoms with Crippen LogP contribution in [0.4, 0.5) is 19.3 Å². The van der Waals surface area contributed by atoms with Gasteiger partial charge in [-0.05, 0) is 67.8 Å². The maximum atomic E-state index is 13.1. The van der Waals surface area contributed by atoms with Crippen molar-refractivity contribution in [2.45, 2.75) is 42.4 Å². The Morgan fingerprint density at radius 2 is 1.66 bits per heavy atom. The molecule has 0 aliphatic carbocycles. The molecule has 8 nitrogen and oxygen atoms in total. The molecule has 0 bridgehead atoms. The third-order valence-corrected chi connectivity index (χ3v) is 6.59. The lowest BCUT2D eigenvalue weighted by atomic mass is 9.98. The Morgan fingerprint density at radius 3 is 2.28 bits per heavy atom. The summed E-state index contributed by atoms with van der Waals surface area (Å²) in [5.74, 6) is -0.942. The molecule has 1 fully saturated rings. The maximum absolute atomic E-state index is 13.1. The predicted octanol–water partition coefficient (Wildman–Crippen LogP) is 2.36. The van der Waals surface area contributed by atoms with Crippen molar-refractivity contribution in [1.82, 2.24) is 10.0 Å². The first kappa shape index (κ1) is 24.1. The largest absolute Gasteiger partial charge is 0.394 e. The summed E-state index contributed by atoms with van der Waals surface area (Å²) in [7, 11) is -3.89. The highest BCUT2D eigenvalue weighted by Gasteiger charge is 2.33. The molecule has 2 amide bonds. The molecule has 2 aromatic rings. The van der Waals surface area contributed by atoms with Gasteiger partial charge >= 0.3 is 6.03 Å². The molecule has 3 rings (SSSR count). The third kappa shape index (κ3) is 6.70. The molecule has 0 aromatic heterocycles. The van der Waals surface area contributed by atoms with Gasteiger partial charge in [-0.15, -0.1) is 0 Å². The number of carbonyl (C=O) groups is 1. The van der Waals surface area contributed by atoms with Gasteiger partial charge in [0.15, 0.2) is 0 Å². The monoisotopic (exact) mass is 469 g/mol. The van der Waals surface area contributed by atoms with E-state index in [4.69, 9.17) is 4.74 Å². The molecule has 174 valence electrons. The number of hydrogen-bond donors (Lipinski definition) is 4. The number of aliphatic hydroxyl groups is 1. The Morgan fingerprint density at radius 1 is 1.03 bits per heavy atom. The number of hydrogen-bond acceptors (Lipinski definition) is 5. The number of halogens is 2. The van der Waals surface area contributed by atoms with Crippen LogP contribution >= 0.6 is 0 Å². The molecule has 4 N–H and O–H groups in total. The van der Waals surface area contributed by atoms with E-state index in [0.717, 1.165) is 12.1 Å². The van der Waals surface area contributed by atoms with Crippen molar-refractivity contribution < 1.29 is 31.8 Å². The normalized spacial score (nSPS) is 21.2. The summed E-state index contributed by atoms with van der Waals surface area (Å²) in [6.07, 6.45) is 0.388. The van der Waals surface area contributed by atoms with Crippen molar-refractivity contribution in [3.63, 3.8) is 0 Å². The molecule has 0 saturated carbocycles. The topological polar surface area (TPSA) is 117 Å². The standard InChI is InChI=1S/C21H25F2N3O5S/c22-14-1-5-16(6-2-14)25-21(28)24-12-11-17-7-10-19(20(13-27)31-17)26-32(29,30)18-8-3-15(23)4-9-18/h1-6,8-9,17,19-20,26-27H,7,10-13H2,(H2,24,25,28)/t17-,19-,20+/m1/s1. The van der Waals surface area contributed by atoms with Crippen LogP contribution in [0.3, 0.4) is 0 Å². The Bertz CT molecular complexity index is 1000. The van der Waals surface area contributed by atoms with Crippen LogP contribution in [-0.4, -0.2) is 51.0 Å². The van der Waals surface area contributed by atoms with E-state index in [0.29, 0.717) is 31.5 Å². The van der Waals surface area contributed by atoms with Crippen molar-refractivity contribution in [3.8, 4) is 0 Å². The number of benzene rings is 2. The minimum absolute atomic E-state index is 0.0749. The van der Waals surface area contributed by atoms with Gasteiger partial charge in [0, 0.05) is 12.2 Å². The SMILES string of the molecule is O=C(NCC[C@H]1CC[C@@H](NS(=O)(=O)c2ccc(F)cc2)[C@H](CO)O1)Nc1ccc(F)cc1. The van der Waals surface area contributed by atoms with E-state index < -0.39 is 39.8 Å². The van der Waals surface area contributed by atoms with E-state index in [1.165, 1.54) is 36.4 Å². The van der Waals surface area contributed by atoms with Gasteiger partial charge in [-0.2, -0.15) is 0 Å². The third-order valence-electron chi connectivity index (χ3n) is 5.08. The van der Waals surface area contributed by atoms with E-state index in [1.54, 1.807) is 0 Å². The van der Waals surface area contributed by atoms with Gasteiger partial charge in [0.25, 0.3) is 0 Å². The number of rotatable bonds is 8. The maximum Gasteiger partial charge on any atom is 0.319 e. The summed E-state index contributed by atoms with van der Waals surface area (Å²) in [4.78, 5) is 11.9. The number of aliphatic hydroxyl groups excluding tert-OH is 1. The molecule has 1 aliphatic rings. The summed E-state index contributed by atoms with van der Waals surface area (Å²) in [6.45, 7) is -0.0899. The Labute approximate surface area is 185 Å². The number of anilines is 1. The average molecular weight is 470 g/mol. The Balaban J connectivity index is 1.46. The zero-order valence-electron chi connectivity index (χ0n) is 17.1. The number of carbonyl (C=O) groups excluding carboxylic acids is 1. The summed E-state index contributed by atoms with van der Waals surface area (Å²) in [5, 5.41) is 14.9. The van der Waals surface area contributed by atoms with Crippen molar-refractivity contribution in [1.29, 1.82) is 0 Å². The highest BCUT2D eigenvalue weighted by Crippen LogP contribution is 2.23. The lowest BCUT2D eigenvalue weighted by molar-refractivity contribution is -0.0871. The summed E-state index contributed by atoms with van der Waals surface area (Å²) in [5.41, 5.74) is 0.453. The molecule has 1 saturated heterocycles. The Kier molecular flexibility index (Phi) is 8.13. The molecule has 11 heteroatoms. The van der Waals surface area contributed by atoms with Gasteiger partial charge in [-0.1, -0.05) is 0 Å². The van der Waals surface area contributed by atoms with E-state index in [-0.39, 0.29) is 17.6 Å². The van der Waals surface area contributed by atoms with Crippen molar-refractivity contribution >= 4 is 21.7 Å². The second-order valence-corrected chi connectivity index (χ2v) is 9.13. The summed E-state index contributed by atoms with van der Waals surface area (Å²) in [6, 6.07) is 8.73. The fourth-order valence-electron chi connectivity index (χ4n) is 3.42. The summed E-state index contributed by atoms with van der Waals surface area (Å²) < 4.78 is 59.3. The van der Waals surface area contributed by atoms with E-state index >= 15 is 0 Å². The predicted molar refractivity (Wildman–Crippen MR) is 114 cm³/mol. The van der Waals surface area contributed by atoms with Gasteiger partial charge in [0.1, 0.15) is 11.6 Å². The first-order valence-electron chi connectivity index (χ1n) is 10.1. The molecule has 0 unspecified atom stereocenters. The van der Waals surface area contributed by atoms with Gasteiger partial charge in [0.2, 0.25) is 10.0 Å². The zero-order chi connectivity index (χ0) is 23.1. The van der Waals surface area contributed by atoms with Crippen molar-refractivity contribution in [3.05, 3.63) is 60.2 Å². The van der Waals surface area contributed by atoms with E-state index in [9.17, 15) is 27.1 Å². The van der Waals surface area contributed by atoms with Crippen LogP contribution in [0.5, 0.6) is 0 Å². The first-order valence-corrected chi connectivity index (χ1v) is 11.6. The van der Waals surface area contributed by atoms with E-state index in [1.807, 2.05) is 0 Å². The first-order chi connectivity index (χ1) is 15.3. The smallest absolute Gasteiger partial charge is 0.319 e. The molecule has 1 aliphatic heterocycles.